The molecule has 1 aromatic carbocycles. The van der Waals surface area contributed by atoms with E-state index in [0.717, 1.165) is 19.4 Å². The van der Waals surface area contributed by atoms with Gasteiger partial charge in [-0.2, -0.15) is 0 Å². The Morgan fingerprint density at radius 3 is 3.05 bits per heavy atom. The first kappa shape index (κ1) is 13.9. The summed E-state index contributed by atoms with van der Waals surface area (Å²) in [4.78, 5) is 7.23. The molecule has 2 N–H and O–H groups in total. The van der Waals surface area contributed by atoms with Crippen LogP contribution in [-0.4, -0.2) is 34.4 Å². The van der Waals surface area contributed by atoms with Gasteiger partial charge >= 0.3 is 0 Å². The van der Waals surface area contributed by atoms with Crippen LogP contribution < -0.4 is 4.74 Å². The van der Waals surface area contributed by atoms with Crippen LogP contribution in [0.3, 0.4) is 0 Å². The smallest absolute Gasteiger partial charge is 0.167 e. The molecule has 0 radical (unpaired) electrons. The second-order valence-corrected chi connectivity index (χ2v) is 5.47. The van der Waals surface area contributed by atoms with Crippen LogP contribution in [0.2, 0.25) is 10.0 Å². The third kappa shape index (κ3) is 2.59. The fourth-order valence-corrected chi connectivity index (χ4v) is 2.67. The van der Waals surface area contributed by atoms with Gasteiger partial charge in [0.05, 0.1) is 16.6 Å². The number of fused-ring (bicyclic) bond motifs is 1. The number of hydrogen-bond donors (Lipinski definition) is 2. The number of aromatic nitrogens is 2. The van der Waals surface area contributed by atoms with Gasteiger partial charge in [0.2, 0.25) is 0 Å². The van der Waals surface area contributed by atoms with Crippen LogP contribution in [0.15, 0.2) is 6.07 Å². The number of benzene rings is 1. The molecule has 108 valence electrons. The Balaban J connectivity index is 1.93. The van der Waals surface area contributed by atoms with Gasteiger partial charge in [0.15, 0.2) is 5.75 Å². The van der Waals surface area contributed by atoms with Crippen molar-refractivity contribution >= 4 is 34.2 Å². The lowest BCUT2D eigenvalue weighted by molar-refractivity contribution is 0.0684. The monoisotopic (exact) mass is 316 g/mol. The van der Waals surface area contributed by atoms with E-state index in [4.69, 9.17) is 37.8 Å². The summed E-state index contributed by atoms with van der Waals surface area (Å²) in [7, 11) is 0. The molecule has 2 heterocycles. The van der Waals surface area contributed by atoms with Crippen molar-refractivity contribution in [3.8, 4) is 5.75 Å². The van der Waals surface area contributed by atoms with Crippen LogP contribution in [0.4, 0.5) is 0 Å². The molecule has 1 aliphatic rings. The second kappa shape index (κ2) is 5.77. The number of rotatable bonds is 4. The molecule has 0 saturated carbocycles. The zero-order chi connectivity index (χ0) is 14.1. The summed E-state index contributed by atoms with van der Waals surface area (Å²) in [5, 5.41) is 9.86. The Hall–Kier alpha value is -1.01. The van der Waals surface area contributed by atoms with Gasteiger partial charge in [0.25, 0.3) is 0 Å². The summed E-state index contributed by atoms with van der Waals surface area (Å²) in [6.45, 7) is 0.995. The third-order valence-electron chi connectivity index (χ3n) is 3.26. The van der Waals surface area contributed by atoms with Crippen molar-refractivity contribution < 1.29 is 14.6 Å². The quantitative estimate of drug-likeness (QED) is 0.910. The molecular weight excluding hydrogens is 303 g/mol. The lowest BCUT2D eigenvalue weighted by Gasteiger charge is -2.13. The number of aliphatic hydroxyl groups is 1. The number of imidazole rings is 1. The molecule has 1 unspecified atom stereocenters. The summed E-state index contributed by atoms with van der Waals surface area (Å²) < 4.78 is 11.3. The average molecular weight is 317 g/mol. The highest BCUT2D eigenvalue weighted by molar-refractivity contribution is 6.44. The maximum atomic E-state index is 9.15. The minimum Gasteiger partial charge on any atom is -0.487 e. The molecule has 0 bridgehead atoms. The first-order chi connectivity index (χ1) is 9.69. The number of nitrogens with one attached hydrogen (secondary N) is 1. The first-order valence-corrected chi connectivity index (χ1v) is 7.16. The van der Waals surface area contributed by atoms with Gasteiger partial charge in [0, 0.05) is 6.61 Å². The van der Waals surface area contributed by atoms with Gasteiger partial charge in [-0.15, -0.1) is 0 Å². The van der Waals surface area contributed by atoms with Crippen LogP contribution >= 0.6 is 23.2 Å². The second-order valence-electron chi connectivity index (χ2n) is 4.69. The number of hydrogen-bond acceptors (Lipinski definition) is 4. The largest absolute Gasteiger partial charge is 0.487 e. The normalized spacial score (nSPS) is 18.9. The van der Waals surface area contributed by atoms with Gasteiger partial charge in [-0.05, 0) is 18.9 Å². The molecule has 1 aliphatic heterocycles. The molecule has 7 heteroatoms. The van der Waals surface area contributed by atoms with E-state index in [1.165, 1.54) is 0 Å². The molecule has 0 aliphatic carbocycles. The van der Waals surface area contributed by atoms with Crippen molar-refractivity contribution in [3.05, 3.63) is 21.9 Å². The summed E-state index contributed by atoms with van der Waals surface area (Å²) in [5.41, 5.74) is 1.26. The van der Waals surface area contributed by atoms with E-state index in [1.807, 2.05) is 0 Å². The molecule has 0 amide bonds. The number of ether oxygens (including phenoxy) is 2. The Morgan fingerprint density at radius 2 is 2.35 bits per heavy atom. The van der Waals surface area contributed by atoms with Gasteiger partial charge in [-0.25, -0.2) is 4.98 Å². The summed E-state index contributed by atoms with van der Waals surface area (Å²) >= 11 is 12.3. The van der Waals surface area contributed by atoms with Gasteiger partial charge in [-0.1, -0.05) is 23.2 Å². The Bertz CT molecular complexity index is 624. The Labute approximate surface area is 125 Å². The number of H-pyrrole nitrogens is 1. The van der Waals surface area contributed by atoms with E-state index >= 15 is 0 Å². The molecule has 2 aromatic rings. The van der Waals surface area contributed by atoms with E-state index in [-0.39, 0.29) is 12.7 Å². The molecular formula is C13H14Cl2N2O3. The standard InChI is InChI=1S/C13H14Cl2N2O3/c14-8-4-9-12(17-10(5-18)16-9)13(11(8)15)20-6-7-2-1-3-19-7/h4,7,18H,1-3,5-6H2,(H,16,17). The lowest BCUT2D eigenvalue weighted by atomic mass is 10.2. The maximum absolute atomic E-state index is 9.15. The van der Waals surface area contributed by atoms with E-state index in [1.54, 1.807) is 6.07 Å². The highest BCUT2D eigenvalue weighted by atomic mass is 35.5. The first-order valence-electron chi connectivity index (χ1n) is 6.41. The van der Waals surface area contributed by atoms with Crippen molar-refractivity contribution in [2.45, 2.75) is 25.6 Å². The summed E-state index contributed by atoms with van der Waals surface area (Å²) in [5.74, 6) is 0.876. The minimum absolute atomic E-state index is 0.0800. The summed E-state index contributed by atoms with van der Waals surface area (Å²) in [6.07, 6.45) is 2.10. The van der Waals surface area contributed by atoms with Crippen molar-refractivity contribution in [1.29, 1.82) is 0 Å². The fourth-order valence-electron chi connectivity index (χ4n) is 2.28. The zero-order valence-electron chi connectivity index (χ0n) is 10.7. The Morgan fingerprint density at radius 1 is 1.50 bits per heavy atom. The van der Waals surface area contributed by atoms with E-state index in [9.17, 15) is 0 Å². The predicted octanol–water partition coefficient (Wildman–Crippen LogP) is 2.92. The van der Waals surface area contributed by atoms with Crippen molar-refractivity contribution in [1.82, 2.24) is 9.97 Å². The number of aromatic amines is 1. The van der Waals surface area contributed by atoms with E-state index in [0.29, 0.717) is 39.3 Å². The zero-order valence-corrected chi connectivity index (χ0v) is 12.2. The highest BCUT2D eigenvalue weighted by Gasteiger charge is 2.20. The summed E-state index contributed by atoms with van der Waals surface area (Å²) in [6, 6.07) is 1.67. The topological polar surface area (TPSA) is 67.4 Å². The van der Waals surface area contributed by atoms with Gasteiger partial charge in [-0.3, -0.25) is 0 Å². The third-order valence-corrected chi connectivity index (χ3v) is 4.03. The van der Waals surface area contributed by atoms with Gasteiger partial charge < -0.3 is 19.6 Å². The molecule has 1 fully saturated rings. The predicted molar refractivity (Wildman–Crippen MR) is 76.5 cm³/mol. The van der Waals surface area contributed by atoms with Crippen LogP contribution in [0.5, 0.6) is 5.75 Å². The van der Waals surface area contributed by atoms with E-state index < -0.39 is 0 Å². The molecule has 1 saturated heterocycles. The SMILES string of the molecule is OCc1nc2c(OCC3CCCO3)c(Cl)c(Cl)cc2[nH]1. The Kier molecular flexibility index (Phi) is 4.03. The van der Waals surface area contributed by atoms with Crippen molar-refractivity contribution in [2.75, 3.05) is 13.2 Å². The molecule has 20 heavy (non-hydrogen) atoms. The van der Waals surface area contributed by atoms with Gasteiger partial charge in [0.1, 0.15) is 29.6 Å². The molecule has 0 spiro atoms. The van der Waals surface area contributed by atoms with Crippen LogP contribution in [0, 0.1) is 0 Å². The van der Waals surface area contributed by atoms with Crippen molar-refractivity contribution in [2.24, 2.45) is 0 Å². The number of nitrogens with zero attached hydrogens (tertiary/aromatic N) is 1. The maximum Gasteiger partial charge on any atom is 0.167 e. The molecule has 3 rings (SSSR count). The van der Waals surface area contributed by atoms with Crippen molar-refractivity contribution in [3.63, 3.8) is 0 Å². The highest BCUT2D eigenvalue weighted by Crippen LogP contribution is 2.38. The average Bonchev–Trinajstić information content (AvgIpc) is 3.08. The van der Waals surface area contributed by atoms with E-state index in [2.05, 4.69) is 9.97 Å². The lowest BCUT2D eigenvalue weighted by Crippen LogP contribution is -2.16. The number of aliphatic hydroxyl groups excluding tert-OH is 1. The minimum atomic E-state index is -0.185. The van der Waals surface area contributed by atoms with Crippen LogP contribution in [-0.2, 0) is 11.3 Å². The molecule has 5 nitrogen and oxygen atoms in total. The number of halogens is 2. The fraction of sp³-hybridized carbons (Fsp3) is 0.462. The van der Waals surface area contributed by atoms with Crippen LogP contribution in [0.1, 0.15) is 18.7 Å². The molecule has 1 atom stereocenters. The van der Waals surface area contributed by atoms with Crippen LogP contribution in [0.25, 0.3) is 11.0 Å². The molecule has 1 aromatic heterocycles.